The van der Waals surface area contributed by atoms with Crippen molar-refractivity contribution in [3.8, 4) is 0 Å². The van der Waals surface area contributed by atoms with Crippen LogP contribution in [0.1, 0.15) is 216 Å². The van der Waals surface area contributed by atoms with Crippen LogP contribution in [-0.2, 0) is 19.1 Å². The number of rotatable bonds is 25. The van der Waals surface area contributed by atoms with E-state index in [1.54, 1.807) is 0 Å². The first kappa shape index (κ1) is 73.7. The zero-order chi connectivity index (χ0) is 65.2. The van der Waals surface area contributed by atoms with E-state index in [-0.39, 0.29) is 58.6 Å². The first-order chi connectivity index (χ1) is 41.4. The molecule has 0 amide bonds. The van der Waals surface area contributed by atoms with Crippen molar-refractivity contribution in [1.29, 1.82) is 0 Å². The molecule has 0 saturated carbocycles. The number of esters is 2. The Labute approximate surface area is 536 Å². The predicted molar refractivity (Wildman–Crippen MR) is 383 cm³/mol. The molecule has 0 unspecified atom stereocenters. The van der Waals surface area contributed by atoms with E-state index in [1.807, 2.05) is 0 Å². The van der Waals surface area contributed by atoms with Gasteiger partial charge in [0.05, 0.1) is 12.8 Å². The lowest BCUT2D eigenvalue weighted by atomic mass is 9.71. The Bertz CT molecular complexity index is 2980. The third-order valence-corrected chi connectivity index (χ3v) is 17.7. The van der Waals surface area contributed by atoms with Gasteiger partial charge in [-0.1, -0.05) is 292 Å². The molecule has 0 heterocycles. The van der Waals surface area contributed by atoms with Gasteiger partial charge in [0.25, 0.3) is 0 Å². The minimum atomic E-state index is -0.353. The van der Waals surface area contributed by atoms with Crippen LogP contribution in [0.2, 0.25) is 0 Å². The van der Waals surface area contributed by atoms with Crippen molar-refractivity contribution in [3.05, 3.63) is 259 Å². The molecule has 88 heavy (non-hydrogen) atoms. The lowest BCUT2D eigenvalue weighted by Gasteiger charge is -2.37. The number of carbonyl (C=O) groups is 2. The third kappa shape index (κ3) is 26.1. The molecule has 4 aliphatic rings. The Balaban J connectivity index is 1.19. The monoisotopic (exact) mass is 1190 g/mol. The molecule has 0 fully saturated rings. The second kappa shape index (κ2) is 35.4. The van der Waals surface area contributed by atoms with Gasteiger partial charge in [0.15, 0.2) is 0 Å². The lowest BCUT2D eigenvalue weighted by molar-refractivity contribution is -0.157. The number of ether oxygens (including phenoxy) is 2. The molecule has 0 aromatic rings. The second-order valence-corrected chi connectivity index (χ2v) is 28.4. The van der Waals surface area contributed by atoms with Crippen molar-refractivity contribution >= 4 is 11.9 Å². The number of allylic oxidation sites excluding steroid dienone is 42. The number of hydrogen-bond donors (Lipinski definition) is 0. The molecule has 4 rings (SSSR count). The highest BCUT2D eigenvalue weighted by Gasteiger charge is 2.36. The summed E-state index contributed by atoms with van der Waals surface area (Å²) in [7, 11) is 0. The Hall–Kier alpha value is -6.78. The van der Waals surface area contributed by atoms with Crippen LogP contribution >= 0.6 is 0 Å². The minimum Gasteiger partial charge on any atom is -0.462 e. The highest BCUT2D eigenvalue weighted by atomic mass is 16.6. The molecule has 0 spiro atoms. The zero-order valence-electron chi connectivity index (χ0n) is 58.4. The van der Waals surface area contributed by atoms with Crippen molar-refractivity contribution in [2.24, 2.45) is 21.7 Å². The summed E-state index contributed by atoms with van der Waals surface area (Å²) in [6, 6.07) is 0. The van der Waals surface area contributed by atoms with Crippen LogP contribution < -0.4 is 0 Å². The fourth-order valence-electron chi connectivity index (χ4n) is 12.7. The third-order valence-electron chi connectivity index (χ3n) is 17.7. The molecular weight excluding hydrogens is 1070 g/mol. The van der Waals surface area contributed by atoms with Gasteiger partial charge in [-0.3, -0.25) is 9.59 Å². The summed E-state index contributed by atoms with van der Waals surface area (Å²) >= 11 is 0. The van der Waals surface area contributed by atoms with Crippen LogP contribution in [0.5, 0.6) is 0 Å². The van der Waals surface area contributed by atoms with E-state index in [0.29, 0.717) is 25.7 Å². The van der Waals surface area contributed by atoms with Gasteiger partial charge in [-0.05, 0) is 178 Å². The van der Waals surface area contributed by atoms with E-state index in [9.17, 15) is 9.59 Å². The van der Waals surface area contributed by atoms with E-state index < -0.39 is 0 Å². The largest absolute Gasteiger partial charge is 0.462 e. The SMILES string of the molecule is CC1=C(/C=C/C(C)=C/C=C/C(C)=C/C=C/C=C(C)/C=C/C=C(C)/C=C/C2=C(C)C[C@@H](OC(=O)CCC(=O)O[C@@H]3CC(C)=C(/C=C/C(C)=C/C=C/C(C)=C/C=C/C=C(C)/C=C/C=C(C)/C=C/C4=C(C)CCCC4(C)C)C(C)(C)C3)CC2(C)C)C(C)(C)CCC1. The van der Waals surface area contributed by atoms with Gasteiger partial charge in [0, 0.05) is 12.8 Å². The topological polar surface area (TPSA) is 52.6 Å². The standard InChI is InChI=1S/C84H114O4/c1-61(35-25-39-65(5)45-49-75-69(9)43-29-55-81(75,13)14)31-21-23-33-63(3)37-27-41-67(7)47-51-77-71(11)57-73(59-83(77,17)18)87-79(85)53-54-80(86)88-74-58-72(12)78(84(19,20)60-74)52-48-68(8)42-28-38-64(4)34-24-22-32-62(2)36-26-40-66(6)46-50-76-70(10)44-30-56-82(76,15)16/h21-28,31-42,45-52,73-74H,29-30,43-44,53-60H2,1-20H3/b23-21+,24-22+,35-25+,36-26+,37-27+,38-28+,49-45+,50-46+,51-47+,52-48+,61-31+,62-32+,63-33+,64-34+,65-39+,66-40+,67-41+,68-42+/t73-,74-/m1/s1. The van der Waals surface area contributed by atoms with Crippen LogP contribution in [0.3, 0.4) is 0 Å². The second-order valence-electron chi connectivity index (χ2n) is 28.4. The smallest absolute Gasteiger partial charge is 0.306 e. The summed E-state index contributed by atoms with van der Waals surface area (Å²) in [5, 5.41) is 0. The van der Waals surface area contributed by atoms with Gasteiger partial charge in [-0.15, -0.1) is 0 Å². The Kier molecular flexibility index (Phi) is 29.7. The molecule has 0 aromatic carbocycles. The van der Waals surface area contributed by atoms with Crippen LogP contribution in [0.4, 0.5) is 0 Å². The molecular formula is C84H114O4. The first-order valence-electron chi connectivity index (χ1n) is 32.7. The maximum atomic E-state index is 13.2. The summed E-state index contributed by atoms with van der Waals surface area (Å²) < 4.78 is 12.0. The molecule has 0 aliphatic heterocycles. The Morgan fingerprint density at radius 1 is 0.352 bits per heavy atom. The van der Waals surface area contributed by atoms with Crippen LogP contribution in [0.25, 0.3) is 0 Å². The fraction of sp³-hybridized carbons (Fsp3) is 0.452. The Morgan fingerprint density at radius 3 is 0.841 bits per heavy atom. The molecule has 0 bridgehead atoms. The van der Waals surface area contributed by atoms with E-state index in [1.165, 1.54) is 105 Å². The summed E-state index contributed by atoms with van der Waals surface area (Å²) in [5.41, 5.74) is 20.7. The maximum absolute atomic E-state index is 13.2. The van der Waals surface area contributed by atoms with Crippen LogP contribution in [0.15, 0.2) is 259 Å². The van der Waals surface area contributed by atoms with Crippen LogP contribution in [-0.4, -0.2) is 24.1 Å². The minimum absolute atomic E-state index is 0.00437. The molecule has 4 heteroatoms. The molecule has 0 saturated heterocycles. The molecule has 4 aliphatic carbocycles. The highest BCUT2D eigenvalue weighted by molar-refractivity contribution is 5.78. The molecule has 474 valence electrons. The zero-order valence-corrected chi connectivity index (χ0v) is 58.4. The van der Waals surface area contributed by atoms with E-state index in [4.69, 9.17) is 9.47 Å². The fourth-order valence-corrected chi connectivity index (χ4v) is 12.7. The summed E-state index contributed by atoms with van der Waals surface area (Å²) in [4.78, 5) is 26.3. The molecule has 4 nitrogen and oxygen atoms in total. The summed E-state index contributed by atoms with van der Waals surface area (Å²) in [6.45, 7) is 44.2. The number of hydrogen-bond acceptors (Lipinski definition) is 4. The van der Waals surface area contributed by atoms with Gasteiger partial charge in [0.2, 0.25) is 0 Å². The van der Waals surface area contributed by atoms with E-state index in [2.05, 4.69) is 309 Å². The lowest BCUT2D eigenvalue weighted by Crippen LogP contribution is -2.33. The van der Waals surface area contributed by atoms with Crippen LogP contribution in [0, 0.1) is 21.7 Å². The summed E-state index contributed by atoms with van der Waals surface area (Å²) in [5.74, 6) is -0.707. The summed E-state index contributed by atoms with van der Waals surface area (Å²) in [6.07, 6.45) is 70.2. The maximum Gasteiger partial charge on any atom is 0.306 e. The van der Waals surface area contributed by atoms with Gasteiger partial charge < -0.3 is 9.47 Å². The van der Waals surface area contributed by atoms with E-state index in [0.717, 1.165) is 22.3 Å². The molecule has 0 aromatic heterocycles. The van der Waals surface area contributed by atoms with Crippen molar-refractivity contribution in [1.82, 2.24) is 0 Å². The normalized spacial score (nSPS) is 22.8. The van der Waals surface area contributed by atoms with E-state index >= 15 is 0 Å². The predicted octanol–water partition coefficient (Wildman–Crippen LogP) is 24.0. The molecule has 2 atom stereocenters. The van der Waals surface area contributed by atoms with Gasteiger partial charge in [-0.2, -0.15) is 0 Å². The highest BCUT2D eigenvalue weighted by Crippen LogP contribution is 2.45. The van der Waals surface area contributed by atoms with Crippen molar-refractivity contribution < 1.29 is 19.1 Å². The Morgan fingerprint density at radius 2 is 0.591 bits per heavy atom. The van der Waals surface area contributed by atoms with Gasteiger partial charge >= 0.3 is 11.9 Å². The number of carbonyl (C=O) groups excluding carboxylic acids is 2. The van der Waals surface area contributed by atoms with Crippen molar-refractivity contribution in [2.75, 3.05) is 0 Å². The molecule has 0 N–H and O–H groups in total. The average Bonchev–Trinajstić information content (AvgIpc) is 2.92. The average molecular weight is 1190 g/mol. The first-order valence-corrected chi connectivity index (χ1v) is 32.7. The van der Waals surface area contributed by atoms with Gasteiger partial charge in [0.1, 0.15) is 12.2 Å². The van der Waals surface area contributed by atoms with Crippen molar-refractivity contribution in [2.45, 2.75) is 228 Å². The van der Waals surface area contributed by atoms with Crippen molar-refractivity contribution in [3.63, 3.8) is 0 Å². The molecule has 0 radical (unpaired) electrons. The quantitative estimate of drug-likeness (QED) is 0.0675. The van der Waals surface area contributed by atoms with Gasteiger partial charge in [-0.25, -0.2) is 0 Å².